The third-order valence-corrected chi connectivity index (χ3v) is 2.40. The van der Waals surface area contributed by atoms with Crippen molar-refractivity contribution in [3.05, 3.63) is 29.3 Å². The number of phenolic OH excluding ortho intramolecular Hbond substituents is 1. The minimum atomic E-state index is -2.57. The first kappa shape index (κ1) is 11.9. The molecule has 0 aliphatic carbocycles. The Kier molecular flexibility index (Phi) is 3.29. The first-order valence-corrected chi connectivity index (χ1v) is 4.61. The number of halogens is 2. The highest BCUT2D eigenvalue weighted by Crippen LogP contribution is 2.33. The summed E-state index contributed by atoms with van der Waals surface area (Å²) >= 11 is 0. The molecule has 1 rings (SSSR count). The molecule has 15 heavy (non-hydrogen) atoms. The lowest BCUT2D eigenvalue weighted by atomic mass is 9.84. The van der Waals surface area contributed by atoms with Gasteiger partial charge in [0.05, 0.1) is 6.61 Å². The van der Waals surface area contributed by atoms with Gasteiger partial charge in [0.15, 0.2) is 0 Å². The lowest BCUT2D eigenvalue weighted by molar-refractivity contribution is 0.150. The van der Waals surface area contributed by atoms with Crippen LogP contribution in [-0.4, -0.2) is 16.8 Å². The van der Waals surface area contributed by atoms with Gasteiger partial charge in [-0.3, -0.25) is 0 Å². The van der Waals surface area contributed by atoms with Crippen LogP contribution in [0.15, 0.2) is 18.2 Å². The van der Waals surface area contributed by atoms with Crippen LogP contribution in [0.4, 0.5) is 8.78 Å². The lowest BCUT2D eigenvalue weighted by Crippen LogP contribution is -2.22. The number of hydrogen-bond donors (Lipinski definition) is 2. The van der Waals surface area contributed by atoms with E-state index in [1.54, 1.807) is 13.8 Å². The molecule has 0 atom stereocenters. The highest BCUT2D eigenvalue weighted by molar-refractivity contribution is 5.41. The summed E-state index contributed by atoms with van der Waals surface area (Å²) in [7, 11) is 0. The molecular weight excluding hydrogens is 202 g/mol. The van der Waals surface area contributed by atoms with E-state index in [1.807, 2.05) is 0 Å². The van der Waals surface area contributed by atoms with E-state index >= 15 is 0 Å². The molecule has 0 bridgehead atoms. The van der Waals surface area contributed by atoms with Gasteiger partial charge in [-0.25, -0.2) is 8.78 Å². The minimum absolute atomic E-state index is 0.0709. The Morgan fingerprint density at radius 1 is 1.33 bits per heavy atom. The second-order valence-electron chi connectivity index (χ2n) is 4.12. The number of phenols is 1. The zero-order valence-corrected chi connectivity index (χ0v) is 8.67. The quantitative estimate of drug-likeness (QED) is 0.815. The van der Waals surface area contributed by atoms with Crippen LogP contribution in [0.25, 0.3) is 0 Å². The fourth-order valence-corrected chi connectivity index (χ4v) is 1.32. The van der Waals surface area contributed by atoms with E-state index in [4.69, 9.17) is 5.11 Å². The van der Waals surface area contributed by atoms with Crippen LogP contribution >= 0.6 is 0 Å². The van der Waals surface area contributed by atoms with Gasteiger partial charge in [0.2, 0.25) is 0 Å². The molecule has 0 fully saturated rings. The Labute approximate surface area is 87.2 Å². The molecule has 1 aromatic rings. The molecule has 2 N–H and O–H groups in total. The molecule has 84 valence electrons. The van der Waals surface area contributed by atoms with Gasteiger partial charge in [0.25, 0.3) is 6.43 Å². The molecule has 0 unspecified atom stereocenters. The Morgan fingerprint density at radius 2 is 1.93 bits per heavy atom. The molecule has 0 aliphatic heterocycles. The van der Waals surface area contributed by atoms with Crippen molar-refractivity contribution < 1.29 is 19.0 Å². The molecule has 2 nitrogen and oxygen atoms in total. The number of benzene rings is 1. The molecule has 0 heterocycles. The zero-order valence-electron chi connectivity index (χ0n) is 8.67. The van der Waals surface area contributed by atoms with Crippen molar-refractivity contribution in [2.24, 2.45) is 0 Å². The van der Waals surface area contributed by atoms with Gasteiger partial charge in [0, 0.05) is 16.5 Å². The van der Waals surface area contributed by atoms with Crippen LogP contribution in [0.1, 0.15) is 31.4 Å². The van der Waals surface area contributed by atoms with Crippen LogP contribution < -0.4 is 0 Å². The van der Waals surface area contributed by atoms with Crippen LogP contribution in [0.5, 0.6) is 5.75 Å². The number of hydrogen-bond acceptors (Lipinski definition) is 2. The van der Waals surface area contributed by atoms with Gasteiger partial charge in [-0.1, -0.05) is 13.8 Å². The maximum atomic E-state index is 12.4. The maximum Gasteiger partial charge on any atom is 0.263 e. The fraction of sp³-hybridized carbons (Fsp3) is 0.455. The summed E-state index contributed by atoms with van der Waals surface area (Å²) in [6, 6.07) is 3.64. The minimum Gasteiger partial charge on any atom is -0.508 e. The predicted molar refractivity (Wildman–Crippen MR) is 53.2 cm³/mol. The smallest absolute Gasteiger partial charge is 0.263 e. The highest BCUT2D eigenvalue weighted by Gasteiger charge is 2.24. The third kappa shape index (κ3) is 2.45. The van der Waals surface area contributed by atoms with Crippen LogP contribution in [0.3, 0.4) is 0 Å². The van der Waals surface area contributed by atoms with Crippen molar-refractivity contribution in [1.29, 1.82) is 0 Å². The Morgan fingerprint density at radius 3 is 2.40 bits per heavy atom. The van der Waals surface area contributed by atoms with Gasteiger partial charge in [-0.15, -0.1) is 0 Å². The number of rotatable bonds is 3. The van der Waals surface area contributed by atoms with Crippen molar-refractivity contribution in [2.75, 3.05) is 6.61 Å². The Hall–Kier alpha value is -1.16. The van der Waals surface area contributed by atoms with Crippen molar-refractivity contribution >= 4 is 0 Å². The monoisotopic (exact) mass is 216 g/mol. The molecular formula is C11H14F2O2. The van der Waals surface area contributed by atoms with Crippen molar-refractivity contribution in [1.82, 2.24) is 0 Å². The van der Waals surface area contributed by atoms with E-state index in [1.165, 1.54) is 18.2 Å². The largest absolute Gasteiger partial charge is 0.508 e. The molecule has 0 saturated heterocycles. The zero-order chi connectivity index (χ0) is 11.6. The van der Waals surface area contributed by atoms with Gasteiger partial charge < -0.3 is 10.2 Å². The van der Waals surface area contributed by atoms with E-state index < -0.39 is 11.8 Å². The second-order valence-corrected chi connectivity index (χ2v) is 4.12. The van der Waals surface area contributed by atoms with Crippen molar-refractivity contribution in [2.45, 2.75) is 25.7 Å². The second kappa shape index (κ2) is 4.14. The lowest BCUT2D eigenvalue weighted by Gasteiger charge is -2.23. The van der Waals surface area contributed by atoms with E-state index in [9.17, 15) is 13.9 Å². The van der Waals surface area contributed by atoms with Gasteiger partial charge in [-0.05, 0) is 18.2 Å². The first-order valence-electron chi connectivity index (χ1n) is 4.61. The van der Waals surface area contributed by atoms with E-state index in [0.717, 1.165) is 0 Å². The standard InChI is InChI=1S/C11H14F2O2/c1-11(2,6-14)8-5-7(10(12)13)3-4-9(8)15/h3-5,10,14-15H,6H2,1-2H3. The number of aromatic hydroxyl groups is 1. The predicted octanol–water partition coefficient (Wildman–Crippen LogP) is 2.60. The molecule has 0 aromatic heterocycles. The molecule has 0 radical (unpaired) electrons. The average molecular weight is 216 g/mol. The first-order chi connectivity index (χ1) is 6.88. The van der Waals surface area contributed by atoms with E-state index in [2.05, 4.69) is 0 Å². The molecule has 0 spiro atoms. The Balaban J connectivity index is 3.22. The SMILES string of the molecule is CC(C)(CO)c1cc(C(F)F)ccc1O. The van der Waals surface area contributed by atoms with Crippen LogP contribution in [0, 0.1) is 0 Å². The number of aliphatic hydroxyl groups is 1. The molecule has 4 heteroatoms. The van der Waals surface area contributed by atoms with Gasteiger partial charge in [-0.2, -0.15) is 0 Å². The molecule has 0 saturated carbocycles. The maximum absolute atomic E-state index is 12.4. The summed E-state index contributed by atoms with van der Waals surface area (Å²) in [4.78, 5) is 0. The fourth-order valence-electron chi connectivity index (χ4n) is 1.32. The molecule has 0 aliphatic rings. The summed E-state index contributed by atoms with van der Waals surface area (Å²) < 4.78 is 24.9. The molecule has 1 aromatic carbocycles. The summed E-state index contributed by atoms with van der Waals surface area (Å²) in [6.07, 6.45) is -2.57. The summed E-state index contributed by atoms with van der Waals surface area (Å²) in [5.74, 6) is -0.0709. The van der Waals surface area contributed by atoms with E-state index in [-0.39, 0.29) is 17.9 Å². The highest BCUT2D eigenvalue weighted by atomic mass is 19.3. The van der Waals surface area contributed by atoms with Gasteiger partial charge in [0.1, 0.15) is 5.75 Å². The molecule has 0 amide bonds. The van der Waals surface area contributed by atoms with Crippen LogP contribution in [0.2, 0.25) is 0 Å². The number of aliphatic hydroxyl groups excluding tert-OH is 1. The summed E-state index contributed by atoms with van der Waals surface area (Å²) in [5, 5.41) is 18.6. The van der Waals surface area contributed by atoms with Crippen molar-refractivity contribution in [3.63, 3.8) is 0 Å². The average Bonchev–Trinajstić information content (AvgIpc) is 2.17. The summed E-state index contributed by atoms with van der Waals surface area (Å²) in [6.45, 7) is 3.14. The third-order valence-electron chi connectivity index (χ3n) is 2.40. The van der Waals surface area contributed by atoms with Crippen LogP contribution in [-0.2, 0) is 5.41 Å². The topological polar surface area (TPSA) is 40.5 Å². The normalized spacial score (nSPS) is 12.1. The van der Waals surface area contributed by atoms with Crippen molar-refractivity contribution in [3.8, 4) is 5.75 Å². The Bertz CT molecular complexity index is 348. The number of alkyl halides is 2. The van der Waals surface area contributed by atoms with Gasteiger partial charge >= 0.3 is 0 Å². The summed E-state index contributed by atoms with van der Waals surface area (Å²) in [5.41, 5.74) is -0.540. The van der Waals surface area contributed by atoms with E-state index in [0.29, 0.717) is 5.56 Å².